The number of carbonyl (C=O) groups excluding carboxylic acids is 2. The van der Waals surface area contributed by atoms with E-state index in [0.29, 0.717) is 33.8 Å². The van der Waals surface area contributed by atoms with Gasteiger partial charge in [0.15, 0.2) is 0 Å². The quantitative estimate of drug-likeness (QED) is 0.669. The van der Waals surface area contributed by atoms with Gasteiger partial charge in [-0.1, -0.05) is 0 Å². The predicted molar refractivity (Wildman–Crippen MR) is 99.1 cm³/mol. The molecule has 0 spiro atoms. The molecule has 1 aliphatic rings. The molecule has 0 bridgehead atoms. The molecule has 1 atom stereocenters. The Hall–Kier alpha value is -3.48. The highest BCUT2D eigenvalue weighted by Gasteiger charge is 2.39. The zero-order valence-electron chi connectivity index (χ0n) is 15.1. The lowest BCUT2D eigenvalue weighted by Gasteiger charge is -2.13. The van der Waals surface area contributed by atoms with E-state index in [-0.39, 0.29) is 11.5 Å². The Kier molecular flexibility index (Phi) is 4.22. The number of methoxy groups -OCH3 is 1. The number of H-pyrrole nitrogens is 1. The largest absolute Gasteiger partial charge is 0.465 e. The fraction of sp³-hybridized carbons (Fsp3) is 0.143. The molecule has 1 aromatic heterocycles. The van der Waals surface area contributed by atoms with Crippen LogP contribution in [0.4, 0.5) is 14.5 Å². The van der Waals surface area contributed by atoms with E-state index in [9.17, 15) is 18.4 Å². The van der Waals surface area contributed by atoms with Gasteiger partial charge in [0.2, 0.25) is 5.91 Å². The SMILES string of the molecule is COC(=O)c1c(C)[nH]c(-c2ccc(F)cc2)c1C1C(=O)Nc2ccc(F)cc21. The third-order valence-corrected chi connectivity index (χ3v) is 4.88. The Balaban J connectivity index is 2.00. The molecule has 2 N–H and O–H groups in total. The van der Waals surface area contributed by atoms with E-state index in [0.717, 1.165) is 0 Å². The van der Waals surface area contributed by atoms with Crippen molar-refractivity contribution in [3.05, 3.63) is 76.5 Å². The average molecular weight is 382 g/mol. The van der Waals surface area contributed by atoms with Gasteiger partial charge in [0, 0.05) is 16.9 Å². The molecule has 28 heavy (non-hydrogen) atoms. The number of ether oxygens (including phenoxy) is 1. The maximum atomic E-state index is 13.9. The van der Waals surface area contributed by atoms with Gasteiger partial charge in [0.05, 0.1) is 24.3 Å². The van der Waals surface area contributed by atoms with Crippen LogP contribution in [0.5, 0.6) is 0 Å². The predicted octanol–water partition coefficient (Wildman–Crippen LogP) is 4.14. The van der Waals surface area contributed by atoms with Gasteiger partial charge in [-0.05, 0) is 60.5 Å². The molecule has 0 radical (unpaired) electrons. The number of nitrogens with one attached hydrogen (secondary N) is 2. The molecule has 5 nitrogen and oxygen atoms in total. The molecule has 1 amide bonds. The van der Waals surface area contributed by atoms with E-state index >= 15 is 0 Å². The topological polar surface area (TPSA) is 71.2 Å². The fourth-order valence-electron chi connectivity index (χ4n) is 3.66. The van der Waals surface area contributed by atoms with Crippen LogP contribution in [0.1, 0.15) is 33.1 Å². The molecule has 7 heteroatoms. The second kappa shape index (κ2) is 6.60. The van der Waals surface area contributed by atoms with E-state index in [1.54, 1.807) is 19.1 Å². The number of aryl methyl sites for hydroxylation is 1. The molecule has 1 unspecified atom stereocenters. The van der Waals surface area contributed by atoms with Gasteiger partial charge < -0.3 is 15.0 Å². The van der Waals surface area contributed by atoms with Crippen molar-refractivity contribution in [1.82, 2.24) is 4.98 Å². The Morgan fingerprint density at radius 1 is 1.07 bits per heavy atom. The summed E-state index contributed by atoms with van der Waals surface area (Å²) in [5.74, 6) is -2.81. The minimum absolute atomic E-state index is 0.207. The first-order valence-corrected chi connectivity index (χ1v) is 8.57. The highest BCUT2D eigenvalue weighted by Crippen LogP contribution is 2.44. The zero-order valence-corrected chi connectivity index (χ0v) is 15.1. The number of rotatable bonds is 3. The fourth-order valence-corrected chi connectivity index (χ4v) is 3.66. The first kappa shape index (κ1) is 17.9. The maximum absolute atomic E-state index is 13.9. The van der Waals surface area contributed by atoms with Gasteiger partial charge in [-0.2, -0.15) is 0 Å². The van der Waals surface area contributed by atoms with Gasteiger partial charge >= 0.3 is 5.97 Å². The lowest BCUT2D eigenvalue weighted by Crippen LogP contribution is -2.17. The third kappa shape index (κ3) is 2.76. The summed E-state index contributed by atoms with van der Waals surface area (Å²) in [7, 11) is 1.25. The standard InChI is InChI=1S/C21H16F2N2O3/c1-10-16(21(27)28-2)18(19(24-10)11-3-5-12(22)6-4-11)17-14-9-13(23)7-8-15(14)25-20(17)26/h3-9,17,24H,1-2H3,(H,25,26). The van der Waals surface area contributed by atoms with Crippen LogP contribution in [0.15, 0.2) is 42.5 Å². The highest BCUT2D eigenvalue weighted by atomic mass is 19.1. The number of hydrogen-bond donors (Lipinski definition) is 2. The average Bonchev–Trinajstić information content (AvgIpc) is 3.17. The Morgan fingerprint density at radius 3 is 2.43 bits per heavy atom. The number of halogens is 2. The molecule has 0 aliphatic carbocycles. The van der Waals surface area contributed by atoms with Crippen molar-refractivity contribution in [3.8, 4) is 11.3 Å². The van der Waals surface area contributed by atoms with Crippen molar-refractivity contribution in [2.75, 3.05) is 12.4 Å². The van der Waals surface area contributed by atoms with E-state index in [1.165, 1.54) is 37.4 Å². The monoisotopic (exact) mass is 382 g/mol. The normalized spacial score (nSPS) is 15.3. The third-order valence-electron chi connectivity index (χ3n) is 4.88. The first-order valence-electron chi connectivity index (χ1n) is 8.57. The number of amides is 1. The van der Waals surface area contributed by atoms with Gasteiger partial charge in [-0.3, -0.25) is 4.79 Å². The summed E-state index contributed by atoms with van der Waals surface area (Å²) < 4.78 is 32.2. The van der Waals surface area contributed by atoms with Gasteiger partial charge in [0.25, 0.3) is 0 Å². The van der Waals surface area contributed by atoms with Crippen LogP contribution in [-0.2, 0) is 9.53 Å². The van der Waals surface area contributed by atoms with Crippen LogP contribution in [0.2, 0.25) is 0 Å². The lowest BCUT2D eigenvalue weighted by molar-refractivity contribution is -0.116. The molecule has 4 rings (SSSR count). The molecule has 0 fully saturated rings. The van der Waals surface area contributed by atoms with Crippen LogP contribution in [0, 0.1) is 18.6 Å². The molecule has 1 aliphatic heterocycles. The van der Waals surface area contributed by atoms with Crippen molar-refractivity contribution < 1.29 is 23.1 Å². The van der Waals surface area contributed by atoms with Gasteiger partial charge in [0.1, 0.15) is 11.6 Å². The molecule has 0 saturated heterocycles. The summed E-state index contributed by atoms with van der Waals surface area (Å²) in [4.78, 5) is 28.4. The number of fused-ring (bicyclic) bond motifs is 1. The second-order valence-electron chi connectivity index (χ2n) is 6.57. The summed E-state index contributed by atoms with van der Waals surface area (Å²) in [6.07, 6.45) is 0. The minimum Gasteiger partial charge on any atom is -0.465 e. The van der Waals surface area contributed by atoms with E-state index in [4.69, 9.17) is 4.74 Å². The van der Waals surface area contributed by atoms with Crippen molar-refractivity contribution in [1.29, 1.82) is 0 Å². The van der Waals surface area contributed by atoms with E-state index in [1.807, 2.05) is 0 Å². The molecular formula is C21H16F2N2O3. The van der Waals surface area contributed by atoms with Crippen molar-refractivity contribution in [3.63, 3.8) is 0 Å². The molecular weight excluding hydrogens is 366 g/mol. The molecule has 0 saturated carbocycles. The molecule has 3 aromatic rings. The first-order chi connectivity index (χ1) is 13.4. The van der Waals surface area contributed by atoms with Crippen LogP contribution in [-0.4, -0.2) is 24.0 Å². The summed E-state index contributed by atoms with van der Waals surface area (Å²) >= 11 is 0. The Morgan fingerprint density at radius 2 is 1.75 bits per heavy atom. The van der Waals surface area contributed by atoms with E-state index in [2.05, 4.69) is 10.3 Å². The Bertz CT molecular complexity index is 1100. The number of aromatic nitrogens is 1. The van der Waals surface area contributed by atoms with Crippen LogP contribution in [0.25, 0.3) is 11.3 Å². The van der Waals surface area contributed by atoms with Gasteiger partial charge in [-0.15, -0.1) is 0 Å². The number of anilines is 1. The lowest BCUT2D eigenvalue weighted by atomic mass is 9.87. The summed E-state index contributed by atoms with van der Waals surface area (Å²) in [5.41, 5.74) is 3.06. The summed E-state index contributed by atoms with van der Waals surface area (Å²) in [6, 6.07) is 9.68. The zero-order chi connectivity index (χ0) is 20.0. The summed E-state index contributed by atoms with van der Waals surface area (Å²) in [6.45, 7) is 1.68. The Labute approximate surface area is 159 Å². The van der Waals surface area contributed by atoms with Crippen molar-refractivity contribution >= 4 is 17.6 Å². The number of hydrogen-bond acceptors (Lipinski definition) is 3. The number of carbonyl (C=O) groups is 2. The highest BCUT2D eigenvalue weighted by molar-refractivity contribution is 6.08. The number of esters is 1. The van der Waals surface area contributed by atoms with Crippen LogP contribution >= 0.6 is 0 Å². The van der Waals surface area contributed by atoms with E-state index < -0.39 is 23.5 Å². The number of aromatic amines is 1. The molecule has 142 valence electrons. The van der Waals surface area contributed by atoms with Crippen LogP contribution < -0.4 is 5.32 Å². The minimum atomic E-state index is -0.912. The van der Waals surface area contributed by atoms with Crippen molar-refractivity contribution in [2.45, 2.75) is 12.8 Å². The number of benzene rings is 2. The van der Waals surface area contributed by atoms with Crippen LogP contribution in [0.3, 0.4) is 0 Å². The molecule has 2 aromatic carbocycles. The molecule has 2 heterocycles. The second-order valence-corrected chi connectivity index (χ2v) is 6.57. The van der Waals surface area contributed by atoms with Gasteiger partial charge in [-0.25, -0.2) is 13.6 Å². The smallest absolute Gasteiger partial charge is 0.340 e. The van der Waals surface area contributed by atoms with Crippen molar-refractivity contribution in [2.24, 2.45) is 0 Å². The maximum Gasteiger partial charge on any atom is 0.340 e. The summed E-state index contributed by atoms with van der Waals surface area (Å²) in [5, 5.41) is 2.72.